The molecule has 0 saturated carbocycles. The molecule has 0 aliphatic rings. The van der Waals surface area contributed by atoms with Crippen molar-refractivity contribution in [2.75, 3.05) is 11.9 Å². The van der Waals surface area contributed by atoms with Gasteiger partial charge in [-0.25, -0.2) is 14.0 Å². The van der Waals surface area contributed by atoms with Gasteiger partial charge >= 0.3 is 12.1 Å². The van der Waals surface area contributed by atoms with Crippen molar-refractivity contribution >= 4 is 17.7 Å². The van der Waals surface area contributed by atoms with Crippen LogP contribution >= 0.6 is 0 Å². The van der Waals surface area contributed by atoms with Crippen molar-refractivity contribution in [1.82, 2.24) is 16.0 Å². The number of anilines is 1. The highest BCUT2D eigenvalue weighted by Crippen LogP contribution is 2.09. The minimum Gasteiger partial charge on any atom is -0.338 e. The van der Waals surface area contributed by atoms with E-state index in [0.29, 0.717) is 30.8 Å². The van der Waals surface area contributed by atoms with Crippen LogP contribution in [0.1, 0.15) is 25.0 Å². The molecule has 4 N–H and O–H groups in total. The van der Waals surface area contributed by atoms with Crippen LogP contribution in [0.15, 0.2) is 48.5 Å². The summed E-state index contributed by atoms with van der Waals surface area (Å²) in [6.07, 6.45) is 0.429. The van der Waals surface area contributed by atoms with Gasteiger partial charge < -0.3 is 21.3 Å². The lowest BCUT2D eigenvalue weighted by Crippen LogP contribution is -2.36. The second kappa shape index (κ2) is 10.2. The van der Waals surface area contributed by atoms with Gasteiger partial charge in [0.1, 0.15) is 5.82 Å². The quantitative estimate of drug-likeness (QED) is 0.601. The van der Waals surface area contributed by atoms with Crippen molar-refractivity contribution in [3.63, 3.8) is 0 Å². The van der Waals surface area contributed by atoms with Crippen LogP contribution in [0.2, 0.25) is 0 Å². The number of carbonyl (C=O) groups excluding carboxylic acids is 2. The minimum absolute atomic E-state index is 0.0605. The Balaban J connectivity index is 1.70. The highest BCUT2D eigenvalue weighted by atomic mass is 19.1. The summed E-state index contributed by atoms with van der Waals surface area (Å²) in [5.74, 6) is -0.268. The van der Waals surface area contributed by atoms with Crippen molar-refractivity contribution in [2.24, 2.45) is 0 Å². The molecular weight excluding hydrogens is 347 g/mol. The number of hydrogen-bond donors (Lipinski definition) is 4. The molecule has 4 amide bonds. The van der Waals surface area contributed by atoms with Crippen molar-refractivity contribution in [1.29, 1.82) is 0 Å². The Morgan fingerprint density at radius 1 is 0.963 bits per heavy atom. The van der Waals surface area contributed by atoms with Gasteiger partial charge in [0.2, 0.25) is 0 Å². The SMILES string of the molecule is CC(C)NC(=O)Nc1ccc(CNC(=O)NCCc2ccccc2F)cc1. The fourth-order valence-corrected chi connectivity index (χ4v) is 2.39. The molecule has 2 aromatic rings. The van der Waals surface area contributed by atoms with Crippen molar-refractivity contribution in [2.45, 2.75) is 32.9 Å². The van der Waals surface area contributed by atoms with Gasteiger partial charge in [0, 0.05) is 24.8 Å². The Morgan fingerprint density at radius 2 is 1.67 bits per heavy atom. The number of urea groups is 2. The van der Waals surface area contributed by atoms with E-state index in [4.69, 9.17) is 0 Å². The van der Waals surface area contributed by atoms with E-state index in [1.807, 2.05) is 26.0 Å². The van der Waals surface area contributed by atoms with Gasteiger partial charge in [-0.15, -0.1) is 0 Å². The largest absolute Gasteiger partial charge is 0.338 e. The molecule has 6 nitrogen and oxygen atoms in total. The molecule has 2 rings (SSSR count). The van der Waals surface area contributed by atoms with Gasteiger partial charge in [0.15, 0.2) is 0 Å². The second-order valence-electron chi connectivity index (χ2n) is 6.40. The average molecular weight is 372 g/mol. The zero-order valence-corrected chi connectivity index (χ0v) is 15.5. The van der Waals surface area contributed by atoms with E-state index in [0.717, 1.165) is 5.56 Å². The lowest BCUT2D eigenvalue weighted by molar-refractivity contribution is 0.240. The Kier molecular flexibility index (Phi) is 7.61. The van der Waals surface area contributed by atoms with Crippen molar-refractivity contribution in [3.8, 4) is 0 Å². The molecule has 0 spiro atoms. The molecule has 0 aliphatic heterocycles. The van der Waals surface area contributed by atoms with E-state index in [1.165, 1.54) is 6.07 Å². The molecule has 0 atom stereocenters. The molecule has 0 radical (unpaired) electrons. The standard InChI is InChI=1S/C20H25FN4O2/c1-14(2)24-20(27)25-17-9-7-15(8-10-17)13-23-19(26)22-12-11-16-5-3-4-6-18(16)21/h3-10,14H,11-13H2,1-2H3,(H2,22,23,26)(H2,24,25,27). The number of rotatable bonds is 7. The highest BCUT2D eigenvalue weighted by molar-refractivity contribution is 5.89. The maximum atomic E-state index is 13.5. The predicted molar refractivity (Wildman–Crippen MR) is 104 cm³/mol. The van der Waals surface area contributed by atoms with Crippen LogP contribution in [0, 0.1) is 5.82 Å². The zero-order chi connectivity index (χ0) is 19.6. The lowest BCUT2D eigenvalue weighted by atomic mass is 10.1. The van der Waals surface area contributed by atoms with Gasteiger partial charge in [-0.2, -0.15) is 0 Å². The molecule has 2 aromatic carbocycles. The van der Waals surface area contributed by atoms with Crippen molar-refractivity contribution < 1.29 is 14.0 Å². The van der Waals surface area contributed by atoms with Crippen LogP contribution in [-0.2, 0) is 13.0 Å². The summed E-state index contributed by atoms with van der Waals surface area (Å²) in [7, 11) is 0. The van der Waals surface area contributed by atoms with Gasteiger partial charge in [-0.1, -0.05) is 30.3 Å². The average Bonchev–Trinajstić information content (AvgIpc) is 2.62. The summed E-state index contributed by atoms with van der Waals surface area (Å²) in [4.78, 5) is 23.5. The third-order valence-electron chi connectivity index (χ3n) is 3.72. The molecule has 0 aromatic heterocycles. The van der Waals surface area contributed by atoms with E-state index in [-0.39, 0.29) is 23.9 Å². The molecule has 0 bridgehead atoms. The van der Waals surface area contributed by atoms with Crippen LogP contribution in [0.5, 0.6) is 0 Å². The normalized spacial score (nSPS) is 10.4. The van der Waals surface area contributed by atoms with E-state index in [1.54, 1.807) is 30.3 Å². The molecule has 0 unspecified atom stereocenters. The lowest BCUT2D eigenvalue weighted by Gasteiger charge is -2.11. The van der Waals surface area contributed by atoms with Crippen LogP contribution in [-0.4, -0.2) is 24.6 Å². The van der Waals surface area contributed by atoms with Gasteiger partial charge in [0.05, 0.1) is 0 Å². The third-order valence-corrected chi connectivity index (χ3v) is 3.72. The summed E-state index contributed by atoms with van der Waals surface area (Å²) in [5.41, 5.74) is 2.14. The molecular formula is C20H25FN4O2. The van der Waals surface area contributed by atoms with E-state index >= 15 is 0 Å². The maximum Gasteiger partial charge on any atom is 0.319 e. The number of nitrogens with one attached hydrogen (secondary N) is 4. The van der Waals surface area contributed by atoms with Crippen LogP contribution in [0.25, 0.3) is 0 Å². The topological polar surface area (TPSA) is 82.3 Å². The predicted octanol–water partition coefficient (Wildman–Crippen LogP) is 3.40. The molecule has 0 saturated heterocycles. The fraction of sp³-hybridized carbons (Fsp3) is 0.300. The Bertz CT molecular complexity index is 763. The van der Waals surface area contributed by atoms with Gasteiger partial charge in [-0.3, -0.25) is 0 Å². The third kappa shape index (κ3) is 7.35. The molecule has 0 aliphatic carbocycles. The highest BCUT2D eigenvalue weighted by Gasteiger charge is 2.05. The summed E-state index contributed by atoms with van der Waals surface area (Å²) < 4.78 is 13.5. The van der Waals surface area contributed by atoms with Crippen LogP contribution in [0.4, 0.5) is 19.7 Å². The number of benzene rings is 2. The Morgan fingerprint density at radius 3 is 2.33 bits per heavy atom. The van der Waals surface area contributed by atoms with E-state index in [2.05, 4.69) is 21.3 Å². The first-order valence-corrected chi connectivity index (χ1v) is 8.85. The molecule has 0 heterocycles. The second-order valence-corrected chi connectivity index (χ2v) is 6.40. The smallest absolute Gasteiger partial charge is 0.319 e. The summed E-state index contributed by atoms with van der Waals surface area (Å²) in [6.45, 7) is 4.47. The molecule has 7 heteroatoms. The molecule has 0 fully saturated rings. The first-order chi connectivity index (χ1) is 12.9. The zero-order valence-electron chi connectivity index (χ0n) is 15.5. The minimum atomic E-state index is -0.315. The molecule has 144 valence electrons. The van der Waals surface area contributed by atoms with E-state index in [9.17, 15) is 14.0 Å². The number of hydrogen-bond acceptors (Lipinski definition) is 2. The fourth-order valence-electron chi connectivity index (χ4n) is 2.39. The Hall–Kier alpha value is -3.09. The van der Waals surface area contributed by atoms with Crippen LogP contribution in [0.3, 0.4) is 0 Å². The van der Waals surface area contributed by atoms with E-state index < -0.39 is 0 Å². The number of halogens is 1. The summed E-state index contributed by atoms with van der Waals surface area (Å²) in [5, 5.41) is 10.9. The first kappa shape index (κ1) is 20.2. The van der Waals surface area contributed by atoms with Gasteiger partial charge in [-0.05, 0) is 49.6 Å². The number of carbonyl (C=O) groups is 2. The monoisotopic (exact) mass is 372 g/mol. The number of amides is 4. The summed E-state index contributed by atoms with van der Waals surface area (Å²) in [6, 6.07) is 13.2. The summed E-state index contributed by atoms with van der Waals surface area (Å²) >= 11 is 0. The first-order valence-electron chi connectivity index (χ1n) is 8.85. The molecule has 27 heavy (non-hydrogen) atoms. The van der Waals surface area contributed by atoms with Crippen LogP contribution < -0.4 is 21.3 Å². The van der Waals surface area contributed by atoms with Crippen molar-refractivity contribution in [3.05, 3.63) is 65.5 Å². The van der Waals surface area contributed by atoms with Gasteiger partial charge in [0.25, 0.3) is 0 Å². The maximum absolute atomic E-state index is 13.5. The Labute approximate surface area is 158 Å².